The van der Waals surface area contributed by atoms with Gasteiger partial charge in [-0.2, -0.15) is 8.78 Å². The van der Waals surface area contributed by atoms with Gasteiger partial charge >= 0.3 is 6.61 Å². The molecule has 2 N–H and O–H groups in total. The molecule has 0 saturated heterocycles. The summed E-state index contributed by atoms with van der Waals surface area (Å²) in [7, 11) is 0. The third kappa shape index (κ3) is 4.63. The summed E-state index contributed by atoms with van der Waals surface area (Å²) < 4.78 is 30.1. The maximum absolute atomic E-state index is 12.4. The number of hydrogen-bond donors (Lipinski definition) is 2. The van der Waals surface area contributed by atoms with Crippen LogP contribution in [-0.4, -0.2) is 24.9 Å². The van der Waals surface area contributed by atoms with E-state index in [0.717, 1.165) is 30.2 Å². The Hall–Kier alpha value is -0.720. The van der Waals surface area contributed by atoms with Crippen LogP contribution in [0.1, 0.15) is 31.2 Å². The molecule has 0 unspecified atom stereocenters. The van der Waals surface area contributed by atoms with Gasteiger partial charge in [0.25, 0.3) is 0 Å². The standard InChI is InChI=1S/C15H20BrF2NO2/c16-12-3-4-13(21-14(17)18)11(7-12)8-19-9-15(10-20)5-1-2-6-15/h3-4,7,14,19-20H,1-2,5-6,8-10H2. The Balaban J connectivity index is 1.97. The zero-order valence-corrected chi connectivity index (χ0v) is 13.3. The summed E-state index contributed by atoms with van der Waals surface area (Å²) in [4.78, 5) is 0. The van der Waals surface area contributed by atoms with E-state index in [2.05, 4.69) is 26.0 Å². The number of aliphatic hydroxyl groups is 1. The second-order valence-corrected chi connectivity index (χ2v) is 6.51. The molecule has 0 amide bonds. The highest BCUT2D eigenvalue weighted by atomic mass is 79.9. The summed E-state index contributed by atoms with van der Waals surface area (Å²) in [5, 5.41) is 12.8. The highest BCUT2D eigenvalue weighted by Gasteiger charge is 2.32. The van der Waals surface area contributed by atoms with Crippen LogP contribution in [0.3, 0.4) is 0 Å². The topological polar surface area (TPSA) is 41.5 Å². The van der Waals surface area contributed by atoms with Crippen molar-refractivity contribution >= 4 is 15.9 Å². The summed E-state index contributed by atoms with van der Waals surface area (Å²) in [5.74, 6) is 0.185. The van der Waals surface area contributed by atoms with E-state index in [0.29, 0.717) is 18.7 Å². The first kappa shape index (κ1) is 16.6. The molecule has 1 aliphatic rings. The molecule has 0 bridgehead atoms. The number of ether oxygens (including phenoxy) is 1. The summed E-state index contributed by atoms with van der Waals surface area (Å²) in [6, 6.07) is 4.98. The SMILES string of the molecule is OCC1(CNCc2cc(Br)ccc2OC(F)F)CCCC1. The van der Waals surface area contributed by atoms with Crippen LogP contribution in [0.5, 0.6) is 5.75 Å². The van der Waals surface area contributed by atoms with Crippen molar-refractivity contribution in [3.8, 4) is 5.75 Å². The minimum atomic E-state index is -2.83. The van der Waals surface area contributed by atoms with Crippen LogP contribution < -0.4 is 10.1 Å². The molecule has 3 nitrogen and oxygen atoms in total. The Morgan fingerprint density at radius 3 is 2.67 bits per heavy atom. The molecule has 0 spiro atoms. The number of aliphatic hydroxyl groups excluding tert-OH is 1. The Kier molecular flexibility index (Phi) is 5.96. The predicted molar refractivity (Wildman–Crippen MR) is 80.5 cm³/mol. The van der Waals surface area contributed by atoms with E-state index in [9.17, 15) is 13.9 Å². The monoisotopic (exact) mass is 363 g/mol. The van der Waals surface area contributed by atoms with Crippen molar-refractivity contribution in [2.45, 2.75) is 38.8 Å². The molecule has 1 aromatic carbocycles. The molecular weight excluding hydrogens is 344 g/mol. The van der Waals surface area contributed by atoms with Gasteiger partial charge in [0.15, 0.2) is 0 Å². The summed E-state index contributed by atoms with van der Waals surface area (Å²) in [6.45, 7) is -1.55. The van der Waals surface area contributed by atoms with Gasteiger partial charge in [0, 0.05) is 35.1 Å². The lowest BCUT2D eigenvalue weighted by atomic mass is 9.87. The maximum Gasteiger partial charge on any atom is 0.387 e. The Bertz CT molecular complexity index is 465. The van der Waals surface area contributed by atoms with Gasteiger partial charge in [0.05, 0.1) is 0 Å². The number of benzene rings is 1. The Morgan fingerprint density at radius 2 is 2.05 bits per heavy atom. The summed E-state index contributed by atoms with van der Waals surface area (Å²) in [6.07, 6.45) is 4.29. The lowest BCUT2D eigenvalue weighted by molar-refractivity contribution is -0.0505. The molecular formula is C15H20BrF2NO2. The second kappa shape index (κ2) is 7.51. The van der Waals surface area contributed by atoms with E-state index in [-0.39, 0.29) is 17.8 Å². The van der Waals surface area contributed by atoms with Crippen molar-refractivity contribution in [2.24, 2.45) is 5.41 Å². The van der Waals surface area contributed by atoms with Gasteiger partial charge in [-0.1, -0.05) is 28.8 Å². The predicted octanol–water partition coefficient (Wildman–Crippen LogP) is 3.69. The summed E-state index contributed by atoms with van der Waals surface area (Å²) >= 11 is 3.33. The van der Waals surface area contributed by atoms with Gasteiger partial charge in [-0.15, -0.1) is 0 Å². The van der Waals surface area contributed by atoms with Crippen molar-refractivity contribution in [3.05, 3.63) is 28.2 Å². The molecule has 0 heterocycles. The molecule has 0 radical (unpaired) electrons. The van der Waals surface area contributed by atoms with Crippen molar-refractivity contribution in [1.82, 2.24) is 5.32 Å². The number of alkyl halides is 2. The lowest BCUT2D eigenvalue weighted by Crippen LogP contribution is -2.34. The number of hydrogen-bond acceptors (Lipinski definition) is 3. The number of halogens is 3. The molecule has 21 heavy (non-hydrogen) atoms. The zero-order valence-electron chi connectivity index (χ0n) is 11.7. The highest BCUT2D eigenvalue weighted by Crippen LogP contribution is 2.37. The molecule has 1 fully saturated rings. The number of rotatable bonds is 7. The fourth-order valence-electron chi connectivity index (χ4n) is 2.88. The van der Waals surface area contributed by atoms with E-state index in [4.69, 9.17) is 0 Å². The van der Waals surface area contributed by atoms with Gasteiger partial charge in [-0.3, -0.25) is 0 Å². The van der Waals surface area contributed by atoms with E-state index < -0.39 is 6.61 Å². The minimum absolute atomic E-state index is 0.0598. The average Bonchev–Trinajstić information content (AvgIpc) is 2.91. The fourth-order valence-corrected chi connectivity index (χ4v) is 3.28. The normalized spacial score (nSPS) is 17.4. The fraction of sp³-hybridized carbons (Fsp3) is 0.600. The van der Waals surface area contributed by atoms with Crippen molar-refractivity contribution in [1.29, 1.82) is 0 Å². The van der Waals surface area contributed by atoms with Gasteiger partial charge in [-0.05, 0) is 31.0 Å². The van der Waals surface area contributed by atoms with Gasteiger partial charge < -0.3 is 15.2 Å². The third-order valence-electron chi connectivity index (χ3n) is 4.05. The summed E-state index contributed by atoms with van der Waals surface area (Å²) in [5.41, 5.74) is 0.617. The second-order valence-electron chi connectivity index (χ2n) is 5.60. The largest absolute Gasteiger partial charge is 0.434 e. The first-order valence-corrected chi connectivity index (χ1v) is 7.89. The Morgan fingerprint density at radius 1 is 1.33 bits per heavy atom. The van der Waals surface area contributed by atoms with Crippen LogP contribution in [-0.2, 0) is 6.54 Å². The molecule has 2 rings (SSSR count). The molecule has 0 aromatic heterocycles. The minimum Gasteiger partial charge on any atom is -0.434 e. The molecule has 1 aromatic rings. The van der Waals surface area contributed by atoms with Crippen molar-refractivity contribution < 1.29 is 18.6 Å². The van der Waals surface area contributed by atoms with Gasteiger partial charge in [0.2, 0.25) is 0 Å². The third-order valence-corrected chi connectivity index (χ3v) is 4.55. The molecule has 0 aliphatic heterocycles. The van der Waals surface area contributed by atoms with Crippen LogP contribution in [0.25, 0.3) is 0 Å². The van der Waals surface area contributed by atoms with Gasteiger partial charge in [-0.25, -0.2) is 0 Å². The molecule has 6 heteroatoms. The maximum atomic E-state index is 12.4. The van der Waals surface area contributed by atoms with Crippen LogP contribution >= 0.6 is 15.9 Å². The molecule has 118 valence electrons. The average molecular weight is 364 g/mol. The van der Waals surface area contributed by atoms with E-state index in [1.54, 1.807) is 12.1 Å². The molecule has 1 aliphatic carbocycles. The van der Waals surface area contributed by atoms with Gasteiger partial charge in [0.1, 0.15) is 5.75 Å². The molecule has 1 saturated carbocycles. The van der Waals surface area contributed by atoms with E-state index in [1.807, 2.05) is 0 Å². The zero-order chi connectivity index (χ0) is 15.3. The number of nitrogens with one attached hydrogen (secondary N) is 1. The Labute approximate surface area is 131 Å². The van der Waals surface area contributed by atoms with E-state index >= 15 is 0 Å². The first-order chi connectivity index (χ1) is 10.0. The van der Waals surface area contributed by atoms with Crippen LogP contribution in [0.4, 0.5) is 8.78 Å². The lowest BCUT2D eigenvalue weighted by Gasteiger charge is -2.27. The van der Waals surface area contributed by atoms with Crippen LogP contribution in [0, 0.1) is 5.41 Å². The van der Waals surface area contributed by atoms with Crippen LogP contribution in [0.15, 0.2) is 22.7 Å². The van der Waals surface area contributed by atoms with E-state index in [1.165, 1.54) is 6.07 Å². The van der Waals surface area contributed by atoms with Crippen molar-refractivity contribution in [3.63, 3.8) is 0 Å². The first-order valence-electron chi connectivity index (χ1n) is 7.09. The highest BCUT2D eigenvalue weighted by molar-refractivity contribution is 9.10. The van der Waals surface area contributed by atoms with Crippen LogP contribution in [0.2, 0.25) is 0 Å². The molecule has 0 atom stereocenters. The smallest absolute Gasteiger partial charge is 0.387 e. The quantitative estimate of drug-likeness (QED) is 0.776. The van der Waals surface area contributed by atoms with Crippen molar-refractivity contribution in [2.75, 3.05) is 13.2 Å².